The highest BCUT2D eigenvalue weighted by atomic mass is 35.5. The van der Waals surface area contributed by atoms with Crippen LogP contribution in [0.4, 0.5) is 5.69 Å². The topological polar surface area (TPSA) is 44.5 Å². The normalized spacial score (nSPS) is 11.1. The van der Waals surface area contributed by atoms with Crippen molar-refractivity contribution in [2.45, 2.75) is 31.5 Å². The predicted molar refractivity (Wildman–Crippen MR) is 78.2 cm³/mol. The molecule has 102 valence electrons. The van der Waals surface area contributed by atoms with Gasteiger partial charge in [-0.3, -0.25) is 0 Å². The quantitative estimate of drug-likeness (QED) is 0.449. The molecule has 0 radical (unpaired) electrons. The Hall–Kier alpha value is -0.420. The summed E-state index contributed by atoms with van der Waals surface area (Å²) in [5, 5.41) is 0.706. The van der Waals surface area contributed by atoms with Crippen LogP contribution in [-0.4, -0.2) is 25.3 Å². The van der Waals surface area contributed by atoms with Gasteiger partial charge in [-0.2, -0.15) is 0 Å². The molecule has 18 heavy (non-hydrogen) atoms. The summed E-state index contributed by atoms with van der Waals surface area (Å²) >= 11 is 7.61. The molecule has 0 fully saturated rings. The summed E-state index contributed by atoms with van der Waals surface area (Å²) in [5.74, 6) is 0.884. The molecule has 0 aliphatic carbocycles. The van der Waals surface area contributed by atoms with E-state index in [9.17, 15) is 0 Å². The number of halogens is 1. The second kappa shape index (κ2) is 8.64. The van der Waals surface area contributed by atoms with Crippen LogP contribution in [0.25, 0.3) is 0 Å². The lowest BCUT2D eigenvalue weighted by atomic mass is 10.3. The zero-order valence-electron chi connectivity index (χ0n) is 10.8. The van der Waals surface area contributed by atoms with Gasteiger partial charge in [0, 0.05) is 41.0 Å². The van der Waals surface area contributed by atoms with E-state index >= 15 is 0 Å². The van der Waals surface area contributed by atoms with Crippen molar-refractivity contribution < 1.29 is 9.47 Å². The summed E-state index contributed by atoms with van der Waals surface area (Å²) in [7, 11) is 0. The number of nitrogens with two attached hydrogens (primary N) is 1. The standard InChI is InChI=1S/C13H20ClNO2S/c1-3-16-13(17-4-2)7-8-18-12-9-10(14)5-6-11(12)15/h5-6,9,13H,3-4,7-8,15H2,1-2H3. The Bertz CT molecular complexity index is 357. The highest BCUT2D eigenvalue weighted by Crippen LogP contribution is 2.28. The van der Waals surface area contributed by atoms with Gasteiger partial charge in [0.1, 0.15) is 0 Å². The molecular formula is C13H20ClNO2S. The summed E-state index contributed by atoms with van der Waals surface area (Å²) in [4.78, 5) is 1.01. The first-order valence-corrected chi connectivity index (χ1v) is 7.44. The molecule has 0 saturated heterocycles. The number of ether oxygens (including phenoxy) is 2. The maximum Gasteiger partial charge on any atom is 0.158 e. The van der Waals surface area contributed by atoms with Crippen molar-refractivity contribution in [1.29, 1.82) is 0 Å². The van der Waals surface area contributed by atoms with Gasteiger partial charge in [-0.15, -0.1) is 11.8 Å². The molecule has 1 rings (SSSR count). The molecule has 0 aliphatic heterocycles. The van der Waals surface area contributed by atoms with E-state index in [0.29, 0.717) is 18.2 Å². The third-order valence-electron chi connectivity index (χ3n) is 2.29. The molecule has 0 saturated carbocycles. The fourth-order valence-corrected chi connectivity index (χ4v) is 2.70. The van der Waals surface area contributed by atoms with E-state index in [-0.39, 0.29) is 6.29 Å². The SMILES string of the molecule is CCOC(CCSc1cc(Cl)ccc1N)OCC. The van der Waals surface area contributed by atoms with E-state index in [1.165, 1.54) is 0 Å². The van der Waals surface area contributed by atoms with Crippen LogP contribution in [0.15, 0.2) is 23.1 Å². The van der Waals surface area contributed by atoms with Crippen molar-refractivity contribution in [2.24, 2.45) is 0 Å². The average molecular weight is 290 g/mol. The van der Waals surface area contributed by atoms with Gasteiger partial charge in [0.05, 0.1) is 0 Å². The van der Waals surface area contributed by atoms with Gasteiger partial charge in [0.2, 0.25) is 0 Å². The number of nitrogen functional groups attached to an aromatic ring is 1. The van der Waals surface area contributed by atoms with E-state index in [1.807, 2.05) is 26.0 Å². The minimum Gasteiger partial charge on any atom is -0.398 e. The second-order valence-electron chi connectivity index (χ2n) is 3.66. The zero-order chi connectivity index (χ0) is 13.4. The number of anilines is 1. The molecule has 0 aromatic heterocycles. The Morgan fingerprint density at radius 2 is 1.94 bits per heavy atom. The molecule has 0 heterocycles. The monoisotopic (exact) mass is 289 g/mol. The number of thioether (sulfide) groups is 1. The summed E-state index contributed by atoms with van der Waals surface area (Å²) in [6.45, 7) is 5.26. The van der Waals surface area contributed by atoms with Crippen molar-refractivity contribution in [3.05, 3.63) is 23.2 Å². The Balaban J connectivity index is 2.41. The van der Waals surface area contributed by atoms with Crippen LogP contribution in [0.2, 0.25) is 5.02 Å². The number of hydrogen-bond donors (Lipinski definition) is 1. The van der Waals surface area contributed by atoms with Crippen molar-refractivity contribution >= 4 is 29.1 Å². The van der Waals surface area contributed by atoms with E-state index < -0.39 is 0 Å². The van der Waals surface area contributed by atoms with E-state index in [0.717, 1.165) is 22.8 Å². The van der Waals surface area contributed by atoms with Crippen molar-refractivity contribution in [3.63, 3.8) is 0 Å². The minimum absolute atomic E-state index is 0.132. The molecule has 5 heteroatoms. The first-order chi connectivity index (χ1) is 8.67. The van der Waals surface area contributed by atoms with Gasteiger partial charge in [-0.05, 0) is 32.0 Å². The second-order valence-corrected chi connectivity index (χ2v) is 5.23. The summed E-state index contributed by atoms with van der Waals surface area (Å²) in [6.07, 6.45) is 0.700. The van der Waals surface area contributed by atoms with Crippen LogP contribution in [0.3, 0.4) is 0 Å². The smallest absolute Gasteiger partial charge is 0.158 e. The van der Waals surface area contributed by atoms with E-state index in [2.05, 4.69) is 0 Å². The predicted octanol–water partition coefficient (Wildman–Crippen LogP) is 3.80. The minimum atomic E-state index is -0.132. The molecule has 1 aromatic rings. The van der Waals surface area contributed by atoms with Gasteiger partial charge in [0.15, 0.2) is 6.29 Å². The fraction of sp³-hybridized carbons (Fsp3) is 0.538. The molecule has 0 atom stereocenters. The maximum absolute atomic E-state index is 5.94. The third kappa shape index (κ3) is 5.48. The highest BCUT2D eigenvalue weighted by molar-refractivity contribution is 7.99. The van der Waals surface area contributed by atoms with Gasteiger partial charge in [0.25, 0.3) is 0 Å². The van der Waals surface area contributed by atoms with Crippen LogP contribution in [0.5, 0.6) is 0 Å². The number of hydrogen-bond acceptors (Lipinski definition) is 4. The molecule has 0 bridgehead atoms. The Morgan fingerprint density at radius 1 is 1.28 bits per heavy atom. The fourth-order valence-electron chi connectivity index (χ4n) is 1.48. The van der Waals surface area contributed by atoms with Gasteiger partial charge in [-0.1, -0.05) is 11.6 Å². The van der Waals surface area contributed by atoms with Crippen LogP contribution in [-0.2, 0) is 9.47 Å². The highest BCUT2D eigenvalue weighted by Gasteiger charge is 2.08. The molecule has 3 nitrogen and oxygen atoms in total. The first kappa shape index (κ1) is 15.6. The summed E-state index contributed by atoms with van der Waals surface area (Å²) in [5.41, 5.74) is 6.64. The lowest BCUT2D eigenvalue weighted by Gasteiger charge is -2.16. The Morgan fingerprint density at radius 3 is 2.56 bits per heavy atom. The largest absolute Gasteiger partial charge is 0.398 e. The zero-order valence-corrected chi connectivity index (χ0v) is 12.4. The maximum atomic E-state index is 5.94. The summed E-state index contributed by atoms with van der Waals surface area (Å²) < 4.78 is 11.0. The summed E-state index contributed by atoms with van der Waals surface area (Å²) in [6, 6.07) is 5.51. The molecule has 1 aromatic carbocycles. The first-order valence-electron chi connectivity index (χ1n) is 6.08. The number of rotatable bonds is 8. The molecular weight excluding hydrogens is 270 g/mol. The molecule has 2 N–H and O–H groups in total. The average Bonchev–Trinajstić information content (AvgIpc) is 2.34. The van der Waals surface area contributed by atoms with Crippen LogP contribution in [0, 0.1) is 0 Å². The van der Waals surface area contributed by atoms with Gasteiger partial charge in [-0.25, -0.2) is 0 Å². The Kier molecular flexibility index (Phi) is 7.51. The molecule has 0 amide bonds. The van der Waals surface area contributed by atoms with Gasteiger partial charge < -0.3 is 15.2 Å². The van der Waals surface area contributed by atoms with E-state index in [4.69, 9.17) is 26.8 Å². The van der Waals surface area contributed by atoms with Crippen molar-refractivity contribution in [1.82, 2.24) is 0 Å². The van der Waals surface area contributed by atoms with Crippen molar-refractivity contribution in [2.75, 3.05) is 24.7 Å². The van der Waals surface area contributed by atoms with Crippen LogP contribution in [0.1, 0.15) is 20.3 Å². The van der Waals surface area contributed by atoms with Gasteiger partial charge >= 0.3 is 0 Å². The van der Waals surface area contributed by atoms with Crippen LogP contribution >= 0.6 is 23.4 Å². The van der Waals surface area contributed by atoms with E-state index in [1.54, 1.807) is 17.8 Å². The Labute approximate surface area is 118 Å². The lowest BCUT2D eigenvalue weighted by molar-refractivity contribution is -0.136. The molecule has 0 aliphatic rings. The molecule has 0 spiro atoms. The third-order valence-corrected chi connectivity index (χ3v) is 3.63. The van der Waals surface area contributed by atoms with Crippen molar-refractivity contribution in [3.8, 4) is 0 Å². The number of benzene rings is 1. The molecule has 0 unspecified atom stereocenters. The lowest BCUT2D eigenvalue weighted by Crippen LogP contribution is -2.18. The van der Waals surface area contributed by atoms with Crippen LogP contribution < -0.4 is 5.73 Å².